The van der Waals surface area contributed by atoms with E-state index in [2.05, 4.69) is 20.1 Å². The number of hydrogen-bond donors (Lipinski definition) is 1. The summed E-state index contributed by atoms with van der Waals surface area (Å²) in [6, 6.07) is 0.546. The number of nitrogens with one attached hydrogen (secondary N) is 1. The number of hydrogen-bond acceptors (Lipinski definition) is 4. The number of rotatable bonds is 2. The molecule has 0 bridgehead atoms. The van der Waals surface area contributed by atoms with Gasteiger partial charge in [-0.1, -0.05) is 0 Å². The summed E-state index contributed by atoms with van der Waals surface area (Å²) >= 11 is 0. The highest BCUT2D eigenvalue weighted by atomic mass is 16.2. The fourth-order valence-electron chi connectivity index (χ4n) is 2.79. The average molecular weight is 235 g/mol. The van der Waals surface area contributed by atoms with Gasteiger partial charge in [0.15, 0.2) is 0 Å². The van der Waals surface area contributed by atoms with Crippen molar-refractivity contribution in [2.24, 2.45) is 0 Å². The Kier molecular flexibility index (Phi) is 2.80. The first-order chi connectivity index (χ1) is 8.34. The van der Waals surface area contributed by atoms with Gasteiger partial charge in [-0.05, 0) is 32.4 Å². The second-order valence-corrected chi connectivity index (χ2v) is 4.77. The highest BCUT2D eigenvalue weighted by Crippen LogP contribution is 2.21. The van der Waals surface area contributed by atoms with Crippen LogP contribution in [0.1, 0.15) is 29.9 Å². The van der Waals surface area contributed by atoms with E-state index in [1.807, 2.05) is 4.90 Å². The molecule has 6 heteroatoms. The molecule has 1 aromatic heterocycles. The van der Waals surface area contributed by atoms with Crippen molar-refractivity contribution < 1.29 is 4.79 Å². The van der Waals surface area contributed by atoms with Crippen LogP contribution < -0.4 is 0 Å². The molecule has 1 atom stereocenters. The number of amides is 1. The van der Waals surface area contributed by atoms with Crippen LogP contribution >= 0.6 is 0 Å². The van der Waals surface area contributed by atoms with Crippen molar-refractivity contribution in [3.05, 3.63) is 12.2 Å². The molecule has 0 spiro atoms. The Bertz CT molecular complexity index is 385. The Morgan fingerprint density at radius 1 is 1.35 bits per heavy atom. The molecule has 1 aromatic rings. The van der Waals surface area contributed by atoms with Crippen LogP contribution in [0.3, 0.4) is 0 Å². The molecule has 1 N–H and O–H groups in total. The number of nitrogens with zero attached hydrogens (tertiary/aromatic N) is 4. The molecule has 6 nitrogen and oxygen atoms in total. The first-order valence-electron chi connectivity index (χ1n) is 6.23. The van der Waals surface area contributed by atoms with Gasteiger partial charge in [0.05, 0.1) is 0 Å². The van der Waals surface area contributed by atoms with Gasteiger partial charge in [-0.25, -0.2) is 4.98 Å². The lowest BCUT2D eigenvalue weighted by Gasteiger charge is -2.23. The summed E-state index contributed by atoms with van der Waals surface area (Å²) in [4.78, 5) is 20.3. The molecule has 2 fully saturated rings. The first-order valence-corrected chi connectivity index (χ1v) is 6.23. The van der Waals surface area contributed by atoms with E-state index in [9.17, 15) is 4.79 Å². The summed E-state index contributed by atoms with van der Waals surface area (Å²) in [5.41, 5.74) is 0. The fraction of sp³-hybridized carbons (Fsp3) is 0.727. The lowest BCUT2D eigenvalue weighted by Crippen LogP contribution is -2.37. The van der Waals surface area contributed by atoms with Crippen molar-refractivity contribution in [2.75, 3.05) is 26.2 Å². The molecule has 1 unspecified atom stereocenters. The highest BCUT2D eigenvalue weighted by molar-refractivity contribution is 5.90. The number of H-pyrrole nitrogens is 1. The largest absolute Gasteiger partial charge is 0.334 e. The third-order valence-corrected chi connectivity index (χ3v) is 3.73. The highest BCUT2D eigenvalue weighted by Gasteiger charge is 2.32. The summed E-state index contributed by atoms with van der Waals surface area (Å²) in [5.74, 6) is 0.330. The molecule has 3 heterocycles. The zero-order chi connectivity index (χ0) is 11.7. The van der Waals surface area contributed by atoms with Gasteiger partial charge in [0.25, 0.3) is 5.91 Å². The topological polar surface area (TPSA) is 65.1 Å². The summed E-state index contributed by atoms with van der Waals surface area (Å²) in [6.07, 6.45) is 5.06. The van der Waals surface area contributed by atoms with Crippen molar-refractivity contribution in [2.45, 2.75) is 25.3 Å². The van der Waals surface area contributed by atoms with Crippen molar-refractivity contribution in [3.8, 4) is 0 Å². The second kappa shape index (κ2) is 4.44. The van der Waals surface area contributed by atoms with E-state index in [1.165, 1.54) is 32.3 Å². The molecule has 2 aliphatic rings. The number of likely N-dealkylation sites (tertiary alicyclic amines) is 2. The molecule has 0 saturated carbocycles. The Morgan fingerprint density at radius 3 is 2.88 bits per heavy atom. The third-order valence-electron chi connectivity index (χ3n) is 3.73. The molecule has 92 valence electrons. The maximum Gasteiger partial charge on any atom is 0.291 e. The smallest absolute Gasteiger partial charge is 0.291 e. The predicted octanol–water partition coefficient (Wildman–Crippen LogP) is 0.115. The predicted molar refractivity (Wildman–Crippen MR) is 61.5 cm³/mol. The van der Waals surface area contributed by atoms with Gasteiger partial charge in [-0.15, -0.1) is 0 Å². The summed E-state index contributed by atoms with van der Waals surface area (Å²) in [7, 11) is 0. The Hall–Kier alpha value is -1.43. The van der Waals surface area contributed by atoms with E-state index < -0.39 is 0 Å². The fourth-order valence-corrected chi connectivity index (χ4v) is 2.79. The molecular weight excluding hydrogens is 218 g/mol. The Labute approximate surface area is 100 Å². The monoisotopic (exact) mass is 235 g/mol. The molecule has 1 amide bonds. The molecule has 3 rings (SSSR count). The van der Waals surface area contributed by atoms with Crippen molar-refractivity contribution in [1.29, 1.82) is 0 Å². The van der Waals surface area contributed by atoms with E-state index in [4.69, 9.17) is 0 Å². The number of aromatic nitrogens is 3. The lowest BCUT2D eigenvalue weighted by atomic mass is 10.2. The van der Waals surface area contributed by atoms with Crippen LogP contribution in [0.2, 0.25) is 0 Å². The molecule has 2 aliphatic heterocycles. The SMILES string of the molecule is O=C(c1ncn[nH]1)N1CCC(N2CCCC2)C1. The molecule has 0 aliphatic carbocycles. The zero-order valence-corrected chi connectivity index (χ0v) is 9.80. The van der Waals surface area contributed by atoms with Gasteiger partial charge in [-0.2, -0.15) is 5.10 Å². The van der Waals surface area contributed by atoms with Crippen LogP contribution in [-0.4, -0.2) is 63.1 Å². The van der Waals surface area contributed by atoms with Gasteiger partial charge in [0.1, 0.15) is 6.33 Å². The Balaban J connectivity index is 1.62. The van der Waals surface area contributed by atoms with Crippen LogP contribution in [0.5, 0.6) is 0 Å². The van der Waals surface area contributed by atoms with Crippen LogP contribution in [0.4, 0.5) is 0 Å². The Morgan fingerprint density at radius 2 is 2.18 bits per heavy atom. The van der Waals surface area contributed by atoms with Crippen LogP contribution in [0.15, 0.2) is 6.33 Å². The molecule has 17 heavy (non-hydrogen) atoms. The summed E-state index contributed by atoms with van der Waals surface area (Å²) < 4.78 is 0. The number of aromatic amines is 1. The van der Waals surface area contributed by atoms with E-state index in [0.717, 1.165) is 19.5 Å². The van der Waals surface area contributed by atoms with E-state index in [-0.39, 0.29) is 5.91 Å². The number of carbonyl (C=O) groups is 1. The van der Waals surface area contributed by atoms with Gasteiger partial charge in [-0.3, -0.25) is 14.8 Å². The third kappa shape index (κ3) is 2.04. The van der Waals surface area contributed by atoms with Crippen molar-refractivity contribution >= 4 is 5.91 Å². The van der Waals surface area contributed by atoms with Crippen molar-refractivity contribution in [1.82, 2.24) is 25.0 Å². The van der Waals surface area contributed by atoms with Gasteiger partial charge < -0.3 is 4.90 Å². The minimum Gasteiger partial charge on any atom is -0.334 e. The molecule has 0 aromatic carbocycles. The normalized spacial score (nSPS) is 25.6. The lowest BCUT2D eigenvalue weighted by molar-refractivity contribution is 0.0768. The maximum atomic E-state index is 12.0. The van der Waals surface area contributed by atoms with E-state index >= 15 is 0 Å². The van der Waals surface area contributed by atoms with Gasteiger partial charge in [0.2, 0.25) is 5.82 Å². The standard InChI is InChI=1S/C11H17N5O/c17-11(10-12-8-13-14-10)16-6-3-9(7-16)15-4-1-2-5-15/h8-9H,1-7H2,(H,12,13,14). The van der Waals surface area contributed by atoms with Crippen LogP contribution in [-0.2, 0) is 0 Å². The maximum absolute atomic E-state index is 12.0. The van der Waals surface area contributed by atoms with Gasteiger partial charge in [0, 0.05) is 19.1 Å². The quantitative estimate of drug-likeness (QED) is 0.790. The van der Waals surface area contributed by atoms with Crippen LogP contribution in [0, 0.1) is 0 Å². The molecular formula is C11H17N5O. The minimum atomic E-state index is -0.0239. The second-order valence-electron chi connectivity index (χ2n) is 4.77. The average Bonchev–Trinajstić information content (AvgIpc) is 3.09. The van der Waals surface area contributed by atoms with Crippen molar-refractivity contribution in [3.63, 3.8) is 0 Å². The molecule has 2 saturated heterocycles. The van der Waals surface area contributed by atoms with Gasteiger partial charge >= 0.3 is 0 Å². The van der Waals surface area contributed by atoms with E-state index in [0.29, 0.717) is 11.9 Å². The summed E-state index contributed by atoms with van der Waals surface area (Å²) in [6.45, 7) is 4.05. The van der Waals surface area contributed by atoms with Crippen LogP contribution in [0.25, 0.3) is 0 Å². The minimum absolute atomic E-state index is 0.0239. The van der Waals surface area contributed by atoms with E-state index in [1.54, 1.807) is 0 Å². The zero-order valence-electron chi connectivity index (χ0n) is 9.80. The number of carbonyl (C=O) groups excluding carboxylic acids is 1. The first kappa shape index (κ1) is 10.7. The summed E-state index contributed by atoms with van der Waals surface area (Å²) in [5, 5.41) is 6.35. The molecule has 0 radical (unpaired) electrons.